The number of ether oxygens (including phenoxy) is 1. The summed E-state index contributed by atoms with van der Waals surface area (Å²) in [5, 5.41) is 0. The fraction of sp³-hybridized carbons (Fsp3) is 1.00. The monoisotopic (exact) mass is 146 g/mol. The molecule has 0 aromatic rings. The van der Waals surface area contributed by atoms with Crippen molar-refractivity contribution >= 4 is 0 Å². The van der Waals surface area contributed by atoms with E-state index in [1.807, 2.05) is 0 Å². The lowest BCUT2D eigenvalue weighted by Gasteiger charge is -2.08. The quantitative estimate of drug-likeness (QED) is 0.552. The summed E-state index contributed by atoms with van der Waals surface area (Å²) in [6, 6.07) is 0. The van der Waals surface area contributed by atoms with Crippen LogP contribution in [0, 0.1) is 0 Å². The molecule has 0 N–H and O–H groups in total. The van der Waals surface area contributed by atoms with Gasteiger partial charge in [-0.3, -0.25) is 0 Å². The number of halogens is 4. The van der Waals surface area contributed by atoms with E-state index in [1.165, 1.54) is 0 Å². The van der Waals surface area contributed by atoms with Gasteiger partial charge in [0.2, 0.25) is 0 Å². The molecule has 9 heavy (non-hydrogen) atoms. The molecule has 0 atom stereocenters. The van der Waals surface area contributed by atoms with E-state index < -0.39 is 19.1 Å². The van der Waals surface area contributed by atoms with Crippen molar-refractivity contribution in [3.05, 3.63) is 0 Å². The van der Waals surface area contributed by atoms with Gasteiger partial charge in [0.25, 0.3) is 5.92 Å². The molecule has 0 rings (SSSR count). The van der Waals surface area contributed by atoms with Crippen molar-refractivity contribution in [3.8, 4) is 0 Å². The molecule has 0 fully saturated rings. The van der Waals surface area contributed by atoms with Crippen LogP contribution in [-0.2, 0) is 4.74 Å². The molecule has 0 heterocycles. The molecule has 0 aliphatic rings. The van der Waals surface area contributed by atoms with Crippen molar-refractivity contribution in [3.63, 3.8) is 0 Å². The fourth-order valence-electron chi connectivity index (χ4n) is 0.209. The summed E-state index contributed by atoms with van der Waals surface area (Å²) in [5.41, 5.74) is 0. The van der Waals surface area contributed by atoms with E-state index in [9.17, 15) is 17.6 Å². The Morgan fingerprint density at radius 1 is 1.44 bits per heavy atom. The molecule has 0 aromatic carbocycles. The molecule has 0 unspecified atom stereocenters. The van der Waals surface area contributed by atoms with Gasteiger partial charge in [-0.05, 0) is 0 Å². The maximum Gasteiger partial charge on any atom is 0.345 e. The molecule has 0 aliphatic heterocycles. The predicted octanol–water partition coefficient (Wildman–Crippen LogP) is 1.88. The number of hydrogen-bond donors (Lipinski definition) is 0. The lowest BCUT2D eigenvalue weighted by Crippen LogP contribution is -2.20. The zero-order chi connectivity index (χ0) is 7.49. The Kier molecular flexibility index (Phi) is 2.90. The van der Waals surface area contributed by atoms with Gasteiger partial charge in [-0.25, -0.2) is 8.78 Å². The van der Waals surface area contributed by atoms with Crippen molar-refractivity contribution in [1.82, 2.24) is 0 Å². The highest BCUT2D eigenvalue weighted by Gasteiger charge is 2.23. The van der Waals surface area contributed by atoms with Crippen molar-refractivity contribution < 1.29 is 22.3 Å². The SMILES string of the molecule is CC(F)(F)COC(F)F. The third kappa shape index (κ3) is 7.68. The van der Waals surface area contributed by atoms with E-state index in [2.05, 4.69) is 4.74 Å². The van der Waals surface area contributed by atoms with Gasteiger partial charge in [0.15, 0.2) is 0 Å². The Morgan fingerprint density at radius 3 is 2.00 bits per heavy atom. The van der Waals surface area contributed by atoms with Crippen LogP contribution in [0.4, 0.5) is 17.6 Å². The highest BCUT2D eigenvalue weighted by atomic mass is 19.3. The Morgan fingerprint density at radius 2 is 1.89 bits per heavy atom. The number of alkyl halides is 4. The van der Waals surface area contributed by atoms with Gasteiger partial charge in [-0.1, -0.05) is 0 Å². The van der Waals surface area contributed by atoms with Crippen molar-refractivity contribution in [2.75, 3.05) is 6.61 Å². The Balaban J connectivity index is 3.28. The summed E-state index contributed by atoms with van der Waals surface area (Å²) < 4.78 is 48.6. The van der Waals surface area contributed by atoms with Crippen LogP contribution in [-0.4, -0.2) is 19.1 Å². The molecule has 1 nitrogen and oxygen atoms in total. The molecule has 0 spiro atoms. The van der Waals surface area contributed by atoms with Crippen molar-refractivity contribution in [2.45, 2.75) is 19.5 Å². The molecular weight excluding hydrogens is 140 g/mol. The number of hydrogen-bond acceptors (Lipinski definition) is 1. The second kappa shape index (κ2) is 3.00. The molecule has 0 aliphatic carbocycles. The first-order valence-electron chi connectivity index (χ1n) is 2.19. The summed E-state index contributed by atoms with van der Waals surface area (Å²) >= 11 is 0. The summed E-state index contributed by atoms with van der Waals surface area (Å²) in [5.74, 6) is -3.17. The van der Waals surface area contributed by atoms with Gasteiger partial charge >= 0.3 is 6.61 Å². The summed E-state index contributed by atoms with van der Waals surface area (Å²) in [7, 11) is 0. The first-order valence-corrected chi connectivity index (χ1v) is 2.19. The molecule has 0 amide bonds. The first-order chi connectivity index (χ1) is 3.92. The van der Waals surface area contributed by atoms with E-state index in [0.717, 1.165) is 0 Å². The molecule has 0 saturated heterocycles. The van der Waals surface area contributed by atoms with Crippen molar-refractivity contribution in [1.29, 1.82) is 0 Å². The summed E-state index contributed by atoms with van der Waals surface area (Å²) in [4.78, 5) is 0. The second-order valence-corrected chi connectivity index (χ2v) is 1.64. The molecule has 0 saturated carbocycles. The lowest BCUT2D eigenvalue weighted by molar-refractivity contribution is -0.177. The first kappa shape index (κ1) is 8.68. The van der Waals surface area contributed by atoms with E-state index >= 15 is 0 Å². The van der Waals surface area contributed by atoms with Crippen LogP contribution < -0.4 is 0 Å². The van der Waals surface area contributed by atoms with Crippen LogP contribution in [0.2, 0.25) is 0 Å². The van der Waals surface area contributed by atoms with Gasteiger partial charge in [-0.2, -0.15) is 8.78 Å². The van der Waals surface area contributed by atoms with Crippen LogP contribution in [0.25, 0.3) is 0 Å². The largest absolute Gasteiger partial charge is 0.345 e. The fourth-order valence-corrected chi connectivity index (χ4v) is 0.209. The standard InChI is InChI=1S/C4H6F4O/c1-4(7,8)2-9-3(5)6/h3H,2H2,1H3. The Labute approximate surface area is 49.6 Å². The van der Waals surface area contributed by atoms with E-state index in [-0.39, 0.29) is 0 Å². The minimum absolute atomic E-state index is 0.509. The highest BCUT2D eigenvalue weighted by Crippen LogP contribution is 2.12. The van der Waals surface area contributed by atoms with Gasteiger partial charge in [-0.15, -0.1) is 0 Å². The third-order valence-electron chi connectivity index (χ3n) is 0.463. The van der Waals surface area contributed by atoms with Gasteiger partial charge in [0.1, 0.15) is 6.61 Å². The molecule has 0 bridgehead atoms. The molecule has 0 aromatic heterocycles. The van der Waals surface area contributed by atoms with Gasteiger partial charge < -0.3 is 4.74 Å². The Hall–Kier alpha value is -0.320. The van der Waals surface area contributed by atoms with Gasteiger partial charge in [0, 0.05) is 6.92 Å². The van der Waals surface area contributed by atoms with Crippen molar-refractivity contribution in [2.24, 2.45) is 0 Å². The predicted molar refractivity (Wildman–Crippen MR) is 22.6 cm³/mol. The third-order valence-corrected chi connectivity index (χ3v) is 0.463. The molecule has 56 valence electrons. The smallest absolute Gasteiger partial charge is 0.317 e. The van der Waals surface area contributed by atoms with Crippen LogP contribution in [0.1, 0.15) is 6.92 Å². The summed E-state index contributed by atoms with van der Waals surface area (Å²) in [6.45, 7) is -3.84. The Bertz CT molecular complexity index is 77.1. The highest BCUT2D eigenvalue weighted by molar-refractivity contribution is 4.53. The van der Waals surface area contributed by atoms with Crippen LogP contribution in [0.3, 0.4) is 0 Å². The van der Waals surface area contributed by atoms with Gasteiger partial charge in [0.05, 0.1) is 0 Å². The van der Waals surface area contributed by atoms with E-state index in [1.54, 1.807) is 0 Å². The van der Waals surface area contributed by atoms with Crippen LogP contribution in [0.15, 0.2) is 0 Å². The maximum absolute atomic E-state index is 11.6. The second-order valence-electron chi connectivity index (χ2n) is 1.64. The van der Waals surface area contributed by atoms with Crippen LogP contribution in [0.5, 0.6) is 0 Å². The number of rotatable bonds is 3. The van der Waals surface area contributed by atoms with Crippen LogP contribution >= 0.6 is 0 Å². The van der Waals surface area contributed by atoms with E-state index in [0.29, 0.717) is 6.92 Å². The average molecular weight is 146 g/mol. The normalized spacial score (nSPS) is 12.7. The maximum atomic E-state index is 11.6. The zero-order valence-electron chi connectivity index (χ0n) is 4.70. The molecule has 5 heteroatoms. The molecular formula is C4H6F4O. The minimum atomic E-state index is -3.17. The van der Waals surface area contributed by atoms with E-state index in [4.69, 9.17) is 0 Å². The minimum Gasteiger partial charge on any atom is -0.317 e. The average Bonchev–Trinajstić information content (AvgIpc) is 1.59. The lowest BCUT2D eigenvalue weighted by atomic mass is 10.4. The topological polar surface area (TPSA) is 9.23 Å². The zero-order valence-corrected chi connectivity index (χ0v) is 4.70. The summed E-state index contributed by atoms with van der Waals surface area (Å²) in [6.07, 6.45) is 0. The molecule has 0 radical (unpaired) electrons.